The van der Waals surface area contributed by atoms with Crippen LogP contribution in [0.25, 0.3) is 0 Å². The highest BCUT2D eigenvalue weighted by Crippen LogP contribution is 2.26. The predicted octanol–water partition coefficient (Wildman–Crippen LogP) is 2.43. The molecule has 0 spiro atoms. The summed E-state index contributed by atoms with van der Waals surface area (Å²) in [6.45, 7) is 0. The first kappa shape index (κ1) is 15.8. The summed E-state index contributed by atoms with van der Waals surface area (Å²) in [5.41, 5.74) is 5.58. The maximum absolute atomic E-state index is 13.2. The van der Waals surface area contributed by atoms with Crippen molar-refractivity contribution in [2.75, 3.05) is 10.5 Å². The molecule has 21 heavy (non-hydrogen) atoms. The molecular weight excluding hydrogens is 293 g/mol. The quantitative estimate of drug-likeness (QED) is 0.575. The van der Waals surface area contributed by atoms with E-state index in [1.54, 1.807) is 0 Å². The summed E-state index contributed by atoms with van der Waals surface area (Å²) in [6.07, 6.45) is 5.13. The minimum Gasteiger partial charge on any atom is -0.384 e. The molecule has 1 saturated carbocycles. The Hall–Kier alpha value is -1.63. The van der Waals surface area contributed by atoms with Gasteiger partial charge < -0.3 is 5.73 Å². The van der Waals surface area contributed by atoms with Crippen LogP contribution < -0.4 is 10.5 Å². The number of hydrogen-bond acceptors (Lipinski definition) is 3. The van der Waals surface area contributed by atoms with Crippen LogP contribution in [0.3, 0.4) is 0 Å². The lowest BCUT2D eigenvalue weighted by Crippen LogP contribution is -2.25. The van der Waals surface area contributed by atoms with Crippen molar-refractivity contribution in [3.05, 3.63) is 29.6 Å². The molecule has 1 aromatic carbocycles. The van der Waals surface area contributed by atoms with Crippen LogP contribution in [0.15, 0.2) is 18.2 Å². The molecule has 1 aliphatic carbocycles. The maximum Gasteiger partial charge on any atom is 0.233 e. The van der Waals surface area contributed by atoms with Crippen LogP contribution in [-0.2, 0) is 10.0 Å². The summed E-state index contributed by atoms with van der Waals surface area (Å²) >= 11 is 0. The van der Waals surface area contributed by atoms with Gasteiger partial charge in [0.05, 0.1) is 11.4 Å². The van der Waals surface area contributed by atoms with Gasteiger partial charge in [-0.3, -0.25) is 10.1 Å². The lowest BCUT2D eigenvalue weighted by atomic mass is 9.91. The monoisotopic (exact) mass is 313 g/mol. The average Bonchev–Trinajstić information content (AvgIpc) is 2.41. The third kappa shape index (κ3) is 4.42. The molecule has 0 saturated heterocycles. The van der Waals surface area contributed by atoms with Gasteiger partial charge in [-0.05, 0) is 37.0 Å². The second-order valence-corrected chi connectivity index (χ2v) is 7.26. The zero-order valence-electron chi connectivity index (χ0n) is 11.7. The number of benzene rings is 1. The predicted molar refractivity (Wildman–Crippen MR) is 81.4 cm³/mol. The third-order valence-electron chi connectivity index (χ3n) is 3.72. The summed E-state index contributed by atoms with van der Waals surface area (Å²) in [7, 11) is -3.53. The van der Waals surface area contributed by atoms with Crippen molar-refractivity contribution < 1.29 is 12.8 Å². The van der Waals surface area contributed by atoms with Crippen molar-refractivity contribution in [3.63, 3.8) is 0 Å². The Morgan fingerprint density at radius 2 is 2.00 bits per heavy atom. The molecule has 0 amide bonds. The molecule has 4 N–H and O–H groups in total. The number of sulfonamides is 1. The second kappa shape index (κ2) is 6.43. The van der Waals surface area contributed by atoms with E-state index < -0.39 is 15.8 Å². The number of nitrogens with two attached hydrogens (primary N) is 1. The normalized spacial score (nSPS) is 16.6. The Kier molecular flexibility index (Phi) is 4.82. The smallest absolute Gasteiger partial charge is 0.233 e. The van der Waals surface area contributed by atoms with E-state index in [2.05, 4.69) is 4.72 Å². The summed E-state index contributed by atoms with van der Waals surface area (Å²) in [6, 6.07) is 3.50. The van der Waals surface area contributed by atoms with E-state index in [0.717, 1.165) is 44.2 Å². The van der Waals surface area contributed by atoms with E-state index in [0.29, 0.717) is 0 Å². The summed E-state index contributed by atoms with van der Waals surface area (Å²) in [5.74, 6) is -0.709. The van der Waals surface area contributed by atoms with Gasteiger partial charge in [-0.25, -0.2) is 12.8 Å². The summed E-state index contributed by atoms with van der Waals surface area (Å²) in [5, 5.41) is 7.41. The minimum absolute atomic E-state index is 0.0573. The molecule has 1 aliphatic rings. The van der Waals surface area contributed by atoms with E-state index >= 15 is 0 Å². The van der Waals surface area contributed by atoms with Crippen molar-refractivity contribution in [2.45, 2.75) is 32.1 Å². The van der Waals surface area contributed by atoms with E-state index in [1.807, 2.05) is 0 Å². The van der Waals surface area contributed by atoms with E-state index in [9.17, 15) is 12.8 Å². The SMILES string of the molecule is N=C(N)c1cc(F)ccc1NS(=O)(=O)CC1CCCCC1. The van der Waals surface area contributed by atoms with Crippen LogP contribution in [0.4, 0.5) is 10.1 Å². The molecule has 7 heteroatoms. The highest BCUT2D eigenvalue weighted by Gasteiger charge is 2.22. The molecular formula is C14H20FN3O2S. The molecule has 5 nitrogen and oxygen atoms in total. The molecule has 0 atom stereocenters. The first-order valence-electron chi connectivity index (χ1n) is 7.02. The van der Waals surface area contributed by atoms with Gasteiger partial charge in [0, 0.05) is 5.56 Å². The van der Waals surface area contributed by atoms with Crippen molar-refractivity contribution >= 4 is 21.5 Å². The fourth-order valence-corrected chi connectivity index (χ4v) is 4.25. The number of halogens is 1. The zero-order valence-corrected chi connectivity index (χ0v) is 12.5. The molecule has 0 radical (unpaired) electrons. The molecule has 0 bridgehead atoms. The van der Waals surface area contributed by atoms with Crippen molar-refractivity contribution in [2.24, 2.45) is 11.7 Å². The van der Waals surface area contributed by atoms with E-state index in [4.69, 9.17) is 11.1 Å². The van der Waals surface area contributed by atoms with Crippen molar-refractivity contribution in [1.29, 1.82) is 5.41 Å². The van der Waals surface area contributed by atoms with Crippen LogP contribution in [0, 0.1) is 17.1 Å². The highest BCUT2D eigenvalue weighted by molar-refractivity contribution is 7.92. The molecule has 0 aliphatic heterocycles. The molecule has 1 fully saturated rings. The van der Waals surface area contributed by atoms with Gasteiger partial charge in [0.2, 0.25) is 10.0 Å². The fourth-order valence-electron chi connectivity index (χ4n) is 2.70. The lowest BCUT2D eigenvalue weighted by Gasteiger charge is -2.22. The van der Waals surface area contributed by atoms with Crippen molar-refractivity contribution in [3.8, 4) is 0 Å². The molecule has 2 rings (SSSR count). The number of nitrogen functional groups attached to an aromatic ring is 1. The summed E-state index contributed by atoms with van der Waals surface area (Å²) in [4.78, 5) is 0. The molecule has 0 heterocycles. The number of nitrogens with one attached hydrogen (secondary N) is 2. The van der Waals surface area contributed by atoms with E-state index in [1.165, 1.54) is 6.07 Å². The molecule has 116 valence electrons. The number of rotatable bonds is 5. The van der Waals surface area contributed by atoms with Gasteiger partial charge in [-0.15, -0.1) is 0 Å². The average molecular weight is 313 g/mol. The lowest BCUT2D eigenvalue weighted by molar-refractivity contribution is 0.385. The second-order valence-electron chi connectivity index (χ2n) is 5.49. The van der Waals surface area contributed by atoms with Crippen LogP contribution in [0.1, 0.15) is 37.7 Å². The number of anilines is 1. The topological polar surface area (TPSA) is 96.0 Å². The van der Waals surface area contributed by atoms with Crippen LogP contribution in [0.5, 0.6) is 0 Å². The van der Waals surface area contributed by atoms with Crippen LogP contribution in [-0.4, -0.2) is 20.0 Å². The Morgan fingerprint density at radius 3 is 2.62 bits per heavy atom. The number of amidine groups is 1. The third-order valence-corrected chi connectivity index (χ3v) is 5.16. The molecule has 0 unspecified atom stereocenters. The van der Waals surface area contributed by atoms with E-state index in [-0.39, 0.29) is 28.8 Å². The van der Waals surface area contributed by atoms with Gasteiger partial charge in [0.1, 0.15) is 11.7 Å². The molecule has 0 aromatic heterocycles. The Balaban J connectivity index is 2.14. The fraction of sp³-hybridized carbons (Fsp3) is 0.500. The van der Waals surface area contributed by atoms with Gasteiger partial charge in [-0.2, -0.15) is 0 Å². The van der Waals surface area contributed by atoms with Gasteiger partial charge in [0.15, 0.2) is 0 Å². The van der Waals surface area contributed by atoms with Crippen LogP contribution >= 0.6 is 0 Å². The maximum atomic E-state index is 13.2. The highest BCUT2D eigenvalue weighted by atomic mass is 32.2. The van der Waals surface area contributed by atoms with Gasteiger partial charge >= 0.3 is 0 Å². The Bertz CT molecular complexity index is 625. The zero-order chi connectivity index (χ0) is 15.5. The van der Waals surface area contributed by atoms with Gasteiger partial charge in [-0.1, -0.05) is 19.3 Å². The minimum atomic E-state index is -3.53. The first-order valence-corrected chi connectivity index (χ1v) is 8.67. The molecule has 1 aromatic rings. The number of hydrogen-bond donors (Lipinski definition) is 3. The first-order chi connectivity index (χ1) is 9.87. The largest absolute Gasteiger partial charge is 0.384 e. The standard InChI is InChI=1S/C14H20FN3O2S/c15-11-6-7-13(12(8-11)14(16)17)18-21(19,20)9-10-4-2-1-3-5-10/h6-8,10,18H,1-5,9H2,(H3,16,17). The Labute approximate surface area is 124 Å². The Morgan fingerprint density at radius 1 is 1.33 bits per heavy atom. The van der Waals surface area contributed by atoms with Gasteiger partial charge in [0.25, 0.3) is 0 Å². The summed E-state index contributed by atoms with van der Waals surface area (Å²) < 4.78 is 40.0. The van der Waals surface area contributed by atoms with Crippen molar-refractivity contribution in [1.82, 2.24) is 0 Å². The van der Waals surface area contributed by atoms with Crippen LogP contribution in [0.2, 0.25) is 0 Å².